The number of halogens is 2. The Bertz CT molecular complexity index is 482. The molecule has 0 atom stereocenters. The minimum Gasteiger partial charge on any atom is -0.390 e. The van der Waals surface area contributed by atoms with Crippen molar-refractivity contribution >= 4 is 0 Å². The van der Waals surface area contributed by atoms with Gasteiger partial charge in [0.05, 0.1) is 5.60 Å². The Balaban J connectivity index is 1.70. The van der Waals surface area contributed by atoms with E-state index in [2.05, 4.69) is 0 Å². The van der Waals surface area contributed by atoms with Crippen LogP contribution in [0.4, 0.5) is 8.78 Å². The zero-order valence-electron chi connectivity index (χ0n) is 11.8. The van der Waals surface area contributed by atoms with E-state index in [1.54, 1.807) is 0 Å². The van der Waals surface area contributed by atoms with Crippen molar-refractivity contribution in [2.45, 2.75) is 63.4 Å². The van der Waals surface area contributed by atoms with Gasteiger partial charge in [-0.25, -0.2) is 8.78 Å². The van der Waals surface area contributed by atoms with E-state index < -0.39 is 17.2 Å². The third kappa shape index (κ3) is 2.73. The highest BCUT2D eigenvalue weighted by atomic mass is 19.1. The second kappa shape index (κ2) is 5.10. The first-order valence-corrected chi connectivity index (χ1v) is 7.67. The monoisotopic (exact) mass is 280 g/mol. The van der Waals surface area contributed by atoms with E-state index in [0.717, 1.165) is 25.0 Å². The molecule has 1 nitrogen and oxygen atoms in total. The van der Waals surface area contributed by atoms with E-state index in [-0.39, 0.29) is 6.42 Å². The Morgan fingerprint density at radius 3 is 2.25 bits per heavy atom. The molecule has 3 heteroatoms. The summed E-state index contributed by atoms with van der Waals surface area (Å²) in [5, 5.41) is 10.7. The maximum atomic E-state index is 13.7. The Kier molecular flexibility index (Phi) is 3.57. The van der Waals surface area contributed by atoms with Crippen LogP contribution in [0.2, 0.25) is 0 Å². The van der Waals surface area contributed by atoms with E-state index in [1.807, 2.05) is 0 Å². The second-order valence-corrected chi connectivity index (χ2v) is 6.84. The van der Waals surface area contributed by atoms with Crippen molar-refractivity contribution in [1.82, 2.24) is 0 Å². The molecule has 2 aliphatic carbocycles. The average Bonchev–Trinajstić information content (AvgIpc) is 2.87. The lowest BCUT2D eigenvalue weighted by molar-refractivity contribution is -0.0327. The van der Waals surface area contributed by atoms with Crippen LogP contribution in [-0.4, -0.2) is 10.7 Å². The van der Waals surface area contributed by atoms with Crippen LogP contribution in [0.25, 0.3) is 0 Å². The van der Waals surface area contributed by atoms with Crippen LogP contribution in [0.1, 0.15) is 56.9 Å². The number of rotatable bonds is 2. The van der Waals surface area contributed by atoms with Crippen LogP contribution < -0.4 is 0 Å². The van der Waals surface area contributed by atoms with Crippen molar-refractivity contribution in [3.63, 3.8) is 0 Å². The predicted molar refractivity (Wildman–Crippen MR) is 74.4 cm³/mol. The van der Waals surface area contributed by atoms with Gasteiger partial charge in [0.2, 0.25) is 0 Å². The third-order valence-electron chi connectivity index (χ3n) is 5.43. The van der Waals surface area contributed by atoms with Crippen LogP contribution >= 0.6 is 0 Å². The SMILES string of the molecule is OC1(Cc2cc(F)ccc2F)CCC2(CCCC2)CC1. The molecule has 0 bridgehead atoms. The van der Waals surface area contributed by atoms with Crippen LogP contribution in [0.5, 0.6) is 0 Å². The Morgan fingerprint density at radius 2 is 1.60 bits per heavy atom. The summed E-state index contributed by atoms with van der Waals surface area (Å²) in [5.41, 5.74) is -0.121. The quantitative estimate of drug-likeness (QED) is 0.852. The molecule has 0 heterocycles. The first-order chi connectivity index (χ1) is 9.50. The number of hydrogen-bond acceptors (Lipinski definition) is 1. The van der Waals surface area contributed by atoms with E-state index in [1.165, 1.54) is 31.7 Å². The third-order valence-corrected chi connectivity index (χ3v) is 5.43. The van der Waals surface area contributed by atoms with Crippen molar-refractivity contribution < 1.29 is 13.9 Å². The topological polar surface area (TPSA) is 20.2 Å². The smallest absolute Gasteiger partial charge is 0.126 e. The van der Waals surface area contributed by atoms with E-state index in [9.17, 15) is 13.9 Å². The molecular formula is C17H22F2O. The van der Waals surface area contributed by atoms with Crippen LogP contribution in [0.15, 0.2) is 18.2 Å². The van der Waals surface area contributed by atoms with Crippen LogP contribution in [0.3, 0.4) is 0 Å². The lowest BCUT2D eigenvalue weighted by Gasteiger charge is -2.42. The zero-order chi connectivity index (χ0) is 14.2. The van der Waals surface area contributed by atoms with Crippen LogP contribution in [0, 0.1) is 17.0 Å². The second-order valence-electron chi connectivity index (χ2n) is 6.84. The van der Waals surface area contributed by atoms with Gasteiger partial charge in [-0.3, -0.25) is 0 Å². The molecule has 0 saturated heterocycles. The molecule has 0 aromatic heterocycles. The van der Waals surface area contributed by atoms with Crippen molar-refractivity contribution in [2.75, 3.05) is 0 Å². The van der Waals surface area contributed by atoms with Gasteiger partial charge in [-0.2, -0.15) is 0 Å². The van der Waals surface area contributed by atoms with Gasteiger partial charge in [0.1, 0.15) is 11.6 Å². The summed E-state index contributed by atoms with van der Waals surface area (Å²) >= 11 is 0. The molecule has 0 radical (unpaired) electrons. The molecule has 110 valence electrons. The largest absolute Gasteiger partial charge is 0.390 e. The van der Waals surface area contributed by atoms with Gasteiger partial charge in [0.15, 0.2) is 0 Å². The molecular weight excluding hydrogens is 258 g/mol. The van der Waals surface area contributed by atoms with Gasteiger partial charge in [0, 0.05) is 6.42 Å². The highest BCUT2D eigenvalue weighted by molar-refractivity contribution is 5.21. The van der Waals surface area contributed by atoms with E-state index >= 15 is 0 Å². The average molecular weight is 280 g/mol. The summed E-state index contributed by atoms with van der Waals surface area (Å²) in [4.78, 5) is 0. The van der Waals surface area contributed by atoms with Gasteiger partial charge in [-0.15, -0.1) is 0 Å². The molecule has 2 aliphatic rings. The maximum Gasteiger partial charge on any atom is 0.126 e. The van der Waals surface area contributed by atoms with Crippen molar-refractivity contribution in [3.05, 3.63) is 35.4 Å². The lowest BCUT2D eigenvalue weighted by Crippen LogP contribution is -2.40. The highest BCUT2D eigenvalue weighted by Gasteiger charge is 2.43. The molecule has 2 fully saturated rings. The highest BCUT2D eigenvalue weighted by Crippen LogP contribution is 2.51. The summed E-state index contributed by atoms with van der Waals surface area (Å²) in [7, 11) is 0. The van der Waals surface area contributed by atoms with E-state index in [4.69, 9.17) is 0 Å². The Hall–Kier alpha value is -0.960. The lowest BCUT2D eigenvalue weighted by atomic mass is 9.66. The summed E-state index contributed by atoms with van der Waals surface area (Å²) < 4.78 is 26.9. The molecule has 1 N–H and O–H groups in total. The first-order valence-electron chi connectivity index (χ1n) is 7.67. The Morgan fingerprint density at radius 1 is 0.950 bits per heavy atom. The molecule has 0 amide bonds. The number of hydrogen-bond donors (Lipinski definition) is 1. The molecule has 2 saturated carbocycles. The normalized spacial score (nSPS) is 24.1. The van der Waals surface area contributed by atoms with Gasteiger partial charge >= 0.3 is 0 Å². The van der Waals surface area contributed by atoms with Crippen molar-refractivity contribution in [1.29, 1.82) is 0 Å². The summed E-state index contributed by atoms with van der Waals surface area (Å²) in [6.45, 7) is 0. The minimum absolute atomic E-state index is 0.229. The molecule has 0 aliphatic heterocycles. The predicted octanol–water partition coefficient (Wildman–Crippen LogP) is 4.37. The minimum atomic E-state index is -0.859. The van der Waals surface area contributed by atoms with Gasteiger partial charge < -0.3 is 5.11 Å². The van der Waals surface area contributed by atoms with Gasteiger partial charge in [0.25, 0.3) is 0 Å². The van der Waals surface area contributed by atoms with Crippen LogP contribution in [-0.2, 0) is 6.42 Å². The zero-order valence-corrected chi connectivity index (χ0v) is 11.8. The fourth-order valence-electron chi connectivity index (χ4n) is 4.08. The molecule has 0 unspecified atom stereocenters. The molecule has 3 rings (SSSR count). The van der Waals surface area contributed by atoms with Gasteiger partial charge in [-0.1, -0.05) is 12.8 Å². The summed E-state index contributed by atoms with van der Waals surface area (Å²) in [5.74, 6) is -0.853. The molecule has 1 aromatic carbocycles. The van der Waals surface area contributed by atoms with E-state index in [0.29, 0.717) is 23.8 Å². The van der Waals surface area contributed by atoms with Gasteiger partial charge in [-0.05, 0) is 67.7 Å². The van der Waals surface area contributed by atoms with Crippen molar-refractivity contribution in [3.8, 4) is 0 Å². The summed E-state index contributed by atoms with van der Waals surface area (Å²) in [6.07, 6.45) is 8.86. The standard InChI is InChI=1S/C17H22F2O/c18-14-3-4-15(19)13(11-14)12-17(20)9-7-16(8-10-17)5-1-2-6-16/h3-4,11,20H,1-2,5-10,12H2. The maximum absolute atomic E-state index is 13.7. The fourth-order valence-corrected chi connectivity index (χ4v) is 4.08. The molecule has 1 spiro atoms. The van der Waals surface area contributed by atoms with Crippen molar-refractivity contribution in [2.24, 2.45) is 5.41 Å². The Labute approximate surface area is 119 Å². The first kappa shape index (κ1) is 14.0. The fraction of sp³-hybridized carbons (Fsp3) is 0.647. The summed E-state index contributed by atoms with van der Waals surface area (Å²) in [6, 6.07) is 3.49. The molecule has 20 heavy (non-hydrogen) atoms. The number of aliphatic hydroxyl groups is 1. The number of benzene rings is 1. The molecule has 1 aromatic rings.